The van der Waals surface area contributed by atoms with Crippen LogP contribution in [0.15, 0.2) is 213 Å². The van der Waals surface area contributed by atoms with Crippen molar-refractivity contribution in [2.75, 3.05) is 0 Å². The Hall–Kier alpha value is -7.23. The van der Waals surface area contributed by atoms with Crippen molar-refractivity contribution in [3.8, 4) is 56.3 Å². The largest absolute Gasteiger partial charge is 0.457 e. The predicted octanol–water partition coefficient (Wildman–Crippen LogP) is 16.1. The third kappa shape index (κ3) is 8.85. The van der Waals surface area contributed by atoms with Crippen LogP contribution in [0.5, 0.6) is 11.5 Å². The third-order valence-corrected chi connectivity index (χ3v) is 11.7. The molecule has 4 heteroatoms. The molecule has 1 radical (unpaired) electrons. The van der Waals surface area contributed by atoms with Crippen molar-refractivity contribution < 1.29 is 24.8 Å². The Morgan fingerprint density at radius 1 is 0.438 bits per heavy atom. The quantitative estimate of drug-likeness (QED) is 0.123. The smallest absolute Gasteiger partial charge is 0.135 e. The normalized spacial score (nSPS) is 11.2. The SMILES string of the molecule is CC(C)(C)c1cc[c-]c(-c2cc(-c3cccc4ccccc34)ccn2)c1.[Ir].[c-]1cc2ccc3ccccc3c2cc1-c1cc(-c2ccc(Oc3cccc4ccccc34)cc2)ccn1. The number of pyridine rings is 2. The van der Waals surface area contributed by atoms with Gasteiger partial charge in [0.1, 0.15) is 11.5 Å². The average molecular weight is 1000 g/mol. The molecule has 0 spiro atoms. The average Bonchev–Trinajstić information content (AvgIpc) is 3.34. The standard InChI is InChI=1S/C35H22NO.C25H22N.Ir/c1-3-9-31-26(7-1)12-13-27-14-15-29(22-33(27)31)34-23-28(20-21-36-34)24-16-18-30(19-17-24)37-35-11-5-8-25-6-2-4-10-32(25)35;1-25(2,3)21-11-6-10-20(16-21)24-17-19(14-15-26-24)23-13-7-9-18-8-4-5-12-22(18)23;/h1-14,16-23H;4-9,11-17H,1-3H3;/q2*-1;. The van der Waals surface area contributed by atoms with Gasteiger partial charge in [0.2, 0.25) is 0 Å². The molecular formula is C60H44IrN2O-2. The minimum atomic E-state index is 0. The Balaban J connectivity index is 0.000000170. The Bertz CT molecular complexity index is 3410. The van der Waals surface area contributed by atoms with E-state index < -0.39 is 0 Å². The number of rotatable bonds is 6. The summed E-state index contributed by atoms with van der Waals surface area (Å²) < 4.78 is 6.23. The van der Waals surface area contributed by atoms with Crippen LogP contribution in [0.2, 0.25) is 0 Å². The molecule has 0 saturated heterocycles. The van der Waals surface area contributed by atoms with E-state index in [4.69, 9.17) is 4.74 Å². The van der Waals surface area contributed by atoms with Crippen LogP contribution in [0.3, 0.4) is 0 Å². The topological polar surface area (TPSA) is 35.0 Å². The zero-order chi connectivity index (χ0) is 42.8. The van der Waals surface area contributed by atoms with Crippen LogP contribution in [0.1, 0.15) is 26.3 Å². The molecule has 0 amide bonds. The molecule has 0 fully saturated rings. The van der Waals surface area contributed by atoms with Gasteiger partial charge in [0.05, 0.1) is 0 Å². The van der Waals surface area contributed by atoms with E-state index in [1.807, 2.05) is 60.9 Å². The summed E-state index contributed by atoms with van der Waals surface area (Å²) in [5, 5.41) is 9.66. The maximum absolute atomic E-state index is 6.23. The van der Waals surface area contributed by atoms with Crippen LogP contribution >= 0.6 is 0 Å². The first-order chi connectivity index (χ1) is 30.8. The molecule has 0 saturated carbocycles. The predicted molar refractivity (Wildman–Crippen MR) is 263 cm³/mol. The van der Waals surface area contributed by atoms with Gasteiger partial charge in [-0.25, -0.2) is 0 Å². The Morgan fingerprint density at radius 3 is 1.75 bits per heavy atom. The number of ether oxygens (including phenoxy) is 1. The van der Waals surface area contributed by atoms with Crippen LogP contribution in [0.4, 0.5) is 0 Å². The summed E-state index contributed by atoms with van der Waals surface area (Å²) in [6.45, 7) is 6.68. The van der Waals surface area contributed by atoms with Gasteiger partial charge >= 0.3 is 0 Å². The summed E-state index contributed by atoms with van der Waals surface area (Å²) in [5.74, 6) is 1.67. The molecule has 0 aliphatic heterocycles. The van der Waals surface area contributed by atoms with E-state index in [9.17, 15) is 0 Å². The Morgan fingerprint density at radius 2 is 1.02 bits per heavy atom. The molecule has 11 rings (SSSR count). The Labute approximate surface area is 388 Å². The molecule has 11 aromatic rings. The molecule has 0 atom stereocenters. The fourth-order valence-corrected chi connectivity index (χ4v) is 8.28. The second-order valence-electron chi connectivity index (χ2n) is 16.9. The van der Waals surface area contributed by atoms with Gasteiger partial charge in [0.25, 0.3) is 0 Å². The maximum Gasteiger partial charge on any atom is 0.135 e. The second kappa shape index (κ2) is 18.2. The van der Waals surface area contributed by atoms with E-state index in [0.29, 0.717) is 0 Å². The fraction of sp³-hybridized carbons (Fsp3) is 0.0667. The van der Waals surface area contributed by atoms with Gasteiger partial charge in [-0.05, 0) is 96.3 Å². The van der Waals surface area contributed by atoms with Gasteiger partial charge in [0, 0.05) is 37.9 Å². The Kier molecular flexibility index (Phi) is 12.0. The first kappa shape index (κ1) is 42.1. The van der Waals surface area contributed by atoms with Gasteiger partial charge < -0.3 is 14.7 Å². The van der Waals surface area contributed by atoms with E-state index in [2.05, 4.69) is 195 Å². The van der Waals surface area contributed by atoms with Crippen LogP contribution in [-0.2, 0) is 25.5 Å². The molecule has 311 valence electrons. The third-order valence-electron chi connectivity index (χ3n) is 11.7. The molecule has 0 aliphatic carbocycles. The number of nitrogens with zero attached hydrogens (tertiary/aromatic N) is 2. The molecule has 64 heavy (non-hydrogen) atoms. The van der Waals surface area contributed by atoms with Crippen LogP contribution in [0.25, 0.3) is 87.9 Å². The minimum Gasteiger partial charge on any atom is -0.457 e. The van der Waals surface area contributed by atoms with E-state index in [1.54, 1.807) is 0 Å². The molecule has 0 N–H and O–H groups in total. The van der Waals surface area contributed by atoms with Gasteiger partial charge in [-0.2, -0.15) is 0 Å². The van der Waals surface area contributed by atoms with Crippen molar-refractivity contribution in [2.24, 2.45) is 0 Å². The van der Waals surface area contributed by atoms with Crippen molar-refractivity contribution in [1.82, 2.24) is 9.97 Å². The van der Waals surface area contributed by atoms with Crippen molar-refractivity contribution >= 4 is 43.1 Å². The number of benzene rings is 9. The van der Waals surface area contributed by atoms with Gasteiger partial charge in [-0.15, -0.1) is 59.2 Å². The number of hydrogen-bond donors (Lipinski definition) is 0. The summed E-state index contributed by atoms with van der Waals surface area (Å²) in [5.41, 5.74) is 9.93. The summed E-state index contributed by atoms with van der Waals surface area (Å²) in [6.07, 6.45) is 3.76. The summed E-state index contributed by atoms with van der Waals surface area (Å²) >= 11 is 0. The second-order valence-corrected chi connectivity index (χ2v) is 16.9. The molecule has 9 aromatic carbocycles. The van der Waals surface area contributed by atoms with Crippen molar-refractivity contribution in [2.45, 2.75) is 26.2 Å². The summed E-state index contributed by atoms with van der Waals surface area (Å²) in [7, 11) is 0. The van der Waals surface area contributed by atoms with Crippen LogP contribution in [-0.4, -0.2) is 9.97 Å². The van der Waals surface area contributed by atoms with E-state index >= 15 is 0 Å². The minimum absolute atomic E-state index is 0. The first-order valence-corrected chi connectivity index (χ1v) is 21.4. The van der Waals surface area contributed by atoms with Crippen molar-refractivity contribution in [3.63, 3.8) is 0 Å². The van der Waals surface area contributed by atoms with Crippen LogP contribution in [0, 0.1) is 12.1 Å². The molecule has 2 heterocycles. The summed E-state index contributed by atoms with van der Waals surface area (Å²) in [4.78, 5) is 9.28. The monoisotopic (exact) mass is 1000 g/mol. The molecule has 0 unspecified atom stereocenters. The molecule has 2 aromatic heterocycles. The van der Waals surface area contributed by atoms with Gasteiger partial charge in [0.15, 0.2) is 0 Å². The molecule has 0 bridgehead atoms. The number of aromatic nitrogens is 2. The number of fused-ring (bicyclic) bond motifs is 5. The van der Waals surface area contributed by atoms with E-state index in [0.717, 1.165) is 50.5 Å². The fourth-order valence-electron chi connectivity index (χ4n) is 8.28. The van der Waals surface area contributed by atoms with E-state index in [-0.39, 0.29) is 25.5 Å². The van der Waals surface area contributed by atoms with Crippen molar-refractivity contribution in [1.29, 1.82) is 0 Å². The zero-order valence-corrected chi connectivity index (χ0v) is 38.2. The summed E-state index contributed by atoms with van der Waals surface area (Å²) in [6, 6.07) is 76.2. The van der Waals surface area contributed by atoms with Crippen molar-refractivity contribution in [3.05, 3.63) is 230 Å². The molecule has 0 aliphatic rings. The zero-order valence-electron chi connectivity index (χ0n) is 35.8. The number of hydrogen-bond acceptors (Lipinski definition) is 3. The molecule has 3 nitrogen and oxygen atoms in total. The van der Waals surface area contributed by atoms with Gasteiger partial charge in [-0.1, -0.05) is 171 Å². The van der Waals surface area contributed by atoms with Gasteiger partial charge in [-0.3, -0.25) is 0 Å². The van der Waals surface area contributed by atoms with Crippen LogP contribution < -0.4 is 4.74 Å². The maximum atomic E-state index is 6.23. The van der Waals surface area contributed by atoms with E-state index in [1.165, 1.54) is 54.4 Å². The first-order valence-electron chi connectivity index (χ1n) is 21.4. The molecular weight excluding hydrogens is 957 g/mol.